The lowest BCUT2D eigenvalue weighted by molar-refractivity contribution is 0.312. The number of hydrogen-bond acceptors (Lipinski definition) is 4. The molecule has 3 rings (SSSR count). The van der Waals surface area contributed by atoms with Crippen molar-refractivity contribution in [3.05, 3.63) is 59.5 Å². The molecular formula is C21H30FIN6. The molecule has 0 aliphatic carbocycles. The number of aliphatic imine (C=N–C) groups is 1. The van der Waals surface area contributed by atoms with Crippen molar-refractivity contribution < 1.29 is 4.39 Å². The number of guanidine groups is 1. The Balaban J connectivity index is 0.00000300. The molecule has 2 N–H and O–H groups in total. The maximum absolute atomic E-state index is 13.3. The SMILES string of the molecule is CCNC(=NCc1cccc(F)c1)NCc1ccnc(N2CCN(C)CC2)c1.I. The van der Waals surface area contributed by atoms with Crippen LogP contribution < -0.4 is 15.5 Å². The fourth-order valence-corrected chi connectivity index (χ4v) is 3.11. The van der Waals surface area contributed by atoms with Gasteiger partial charge in [-0.25, -0.2) is 14.4 Å². The number of hydrogen-bond donors (Lipinski definition) is 2. The summed E-state index contributed by atoms with van der Waals surface area (Å²) in [6, 6.07) is 10.7. The molecule has 29 heavy (non-hydrogen) atoms. The van der Waals surface area contributed by atoms with Crippen LogP contribution in [0.1, 0.15) is 18.1 Å². The number of rotatable bonds is 6. The van der Waals surface area contributed by atoms with E-state index in [1.54, 1.807) is 6.07 Å². The summed E-state index contributed by atoms with van der Waals surface area (Å²) in [6.45, 7) is 7.97. The molecule has 1 aliphatic heterocycles. The summed E-state index contributed by atoms with van der Waals surface area (Å²) in [5, 5.41) is 6.58. The summed E-state index contributed by atoms with van der Waals surface area (Å²) < 4.78 is 13.3. The minimum absolute atomic E-state index is 0. The van der Waals surface area contributed by atoms with Gasteiger partial charge in [0.2, 0.25) is 0 Å². The molecule has 0 spiro atoms. The highest BCUT2D eigenvalue weighted by Gasteiger charge is 2.15. The molecular weight excluding hydrogens is 482 g/mol. The minimum atomic E-state index is -0.237. The van der Waals surface area contributed by atoms with Gasteiger partial charge in [0.25, 0.3) is 0 Å². The number of nitrogens with zero attached hydrogens (tertiary/aromatic N) is 4. The molecule has 2 heterocycles. The Hall–Kier alpha value is -1.94. The first-order chi connectivity index (χ1) is 13.6. The molecule has 0 atom stereocenters. The summed E-state index contributed by atoms with van der Waals surface area (Å²) in [7, 11) is 2.15. The van der Waals surface area contributed by atoms with Crippen molar-refractivity contribution >= 4 is 35.8 Å². The number of anilines is 1. The largest absolute Gasteiger partial charge is 0.357 e. The molecule has 1 aliphatic rings. The van der Waals surface area contributed by atoms with E-state index in [9.17, 15) is 4.39 Å². The lowest BCUT2D eigenvalue weighted by Crippen LogP contribution is -2.44. The third kappa shape index (κ3) is 7.43. The quantitative estimate of drug-likeness (QED) is 0.354. The topological polar surface area (TPSA) is 55.8 Å². The van der Waals surface area contributed by atoms with E-state index in [1.165, 1.54) is 12.1 Å². The van der Waals surface area contributed by atoms with Crippen molar-refractivity contribution in [2.45, 2.75) is 20.0 Å². The van der Waals surface area contributed by atoms with Gasteiger partial charge in [-0.15, -0.1) is 24.0 Å². The summed E-state index contributed by atoms with van der Waals surface area (Å²) in [4.78, 5) is 13.7. The van der Waals surface area contributed by atoms with Gasteiger partial charge in [-0.2, -0.15) is 0 Å². The Morgan fingerprint density at radius 3 is 2.62 bits per heavy atom. The van der Waals surface area contributed by atoms with Crippen LogP contribution in [-0.4, -0.2) is 55.6 Å². The molecule has 0 saturated carbocycles. The standard InChI is InChI=1S/C21H29FN6.HI/c1-3-23-21(25-15-17-5-4-6-19(22)13-17)26-16-18-7-8-24-20(14-18)28-11-9-27(2)10-12-28;/h4-8,13-14H,3,9-12,15-16H2,1-2H3,(H2,23,25,26);1H. The molecule has 8 heteroatoms. The maximum atomic E-state index is 13.3. The van der Waals surface area contributed by atoms with Crippen LogP contribution in [-0.2, 0) is 13.1 Å². The average molecular weight is 512 g/mol. The molecule has 0 radical (unpaired) electrons. The van der Waals surface area contributed by atoms with E-state index < -0.39 is 0 Å². The molecule has 0 unspecified atom stereocenters. The van der Waals surface area contributed by atoms with E-state index in [2.05, 4.69) is 43.5 Å². The Bertz CT molecular complexity index is 792. The molecule has 0 bridgehead atoms. The normalized spacial score (nSPS) is 15.0. The van der Waals surface area contributed by atoms with E-state index in [0.717, 1.165) is 49.7 Å². The smallest absolute Gasteiger partial charge is 0.191 e. The van der Waals surface area contributed by atoms with Crippen molar-refractivity contribution in [3.63, 3.8) is 0 Å². The lowest BCUT2D eigenvalue weighted by Gasteiger charge is -2.33. The van der Waals surface area contributed by atoms with Crippen molar-refractivity contribution in [2.24, 2.45) is 4.99 Å². The Morgan fingerprint density at radius 2 is 1.90 bits per heavy atom. The Kier molecular flexibility index (Phi) is 9.59. The summed E-state index contributed by atoms with van der Waals surface area (Å²) >= 11 is 0. The van der Waals surface area contributed by atoms with Gasteiger partial charge in [0, 0.05) is 45.5 Å². The van der Waals surface area contributed by atoms with Gasteiger partial charge in [0.05, 0.1) is 6.54 Å². The second-order valence-corrected chi connectivity index (χ2v) is 6.99. The third-order valence-corrected chi connectivity index (χ3v) is 4.75. The summed E-state index contributed by atoms with van der Waals surface area (Å²) in [5.41, 5.74) is 2.00. The summed E-state index contributed by atoms with van der Waals surface area (Å²) in [6.07, 6.45) is 1.86. The maximum Gasteiger partial charge on any atom is 0.191 e. The van der Waals surface area contributed by atoms with Crippen LogP contribution in [0.25, 0.3) is 0 Å². The first-order valence-corrected chi connectivity index (χ1v) is 9.79. The minimum Gasteiger partial charge on any atom is -0.357 e. The molecule has 1 aromatic carbocycles. The van der Waals surface area contributed by atoms with Gasteiger partial charge in [0.1, 0.15) is 11.6 Å². The van der Waals surface area contributed by atoms with Gasteiger partial charge in [-0.05, 0) is 49.4 Å². The Labute approximate surface area is 189 Å². The van der Waals surface area contributed by atoms with E-state index in [4.69, 9.17) is 0 Å². The van der Waals surface area contributed by atoms with Crippen molar-refractivity contribution in [1.82, 2.24) is 20.5 Å². The van der Waals surface area contributed by atoms with E-state index >= 15 is 0 Å². The predicted molar refractivity (Wildman–Crippen MR) is 127 cm³/mol. The molecule has 1 saturated heterocycles. The molecule has 6 nitrogen and oxygen atoms in total. The van der Waals surface area contributed by atoms with Crippen molar-refractivity contribution in [3.8, 4) is 0 Å². The van der Waals surface area contributed by atoms with Gasteiger partial charge in [-0.1, -0.05) is 12.1 Å². The van der Waals surface area contributed by atoms with Crippen LogP contribution in [0, 0.1) is 5.82 Å². The molecule has 158 valence electrons. The van der Waals surface area contributed by atoms with Crippen molar-refractivity contribution in [2.75, 3.05) is 44.7 Å². The first kappa shape index (κ1) is 23.3. The number of pyridine rings is 1. The fraction of sp³-hybridized carbons (Fsp3) is 0.429. The zero-order valence-corrected chi connectivity index (χ0v) is 19.4. The van der Waals surface area contributed by atoms with Gasteiger partial charge >= 0.3 is 0 Å². The van der Waals surface area contributed by atoms with E-state index in [1.807, 2.05) is 25.3 Å². The lowest BCUT2D eigenvalue weighted by atomic mass is 10.2. The number of likely N-dealkylation sites (N-methyl/N-ethyl adjacent to an activating group) is 1. The highest BCUT2D eigenvalue weighted by atomic mass is 127. The second kappa shape index (κ2) is 11.9. The van der Waals surface area contributed by atoms with Crippen LogP contribution in [0.3, 0.4) is 0 Å². The number of halogens is 2. The van der Waals surface area contributed by atoms with Crippen LogP contribution in [0.2, 0.25) is 0 Å². The highest BCUT2D eigenvalue weighted by Crippen LogP contribution is 2.14. The number of nitrogens with one attached hydrogen (secondary N) is 2. The van der Waals surface area contributed by atoms with Crippen LogP contribution >= 0.6 is 24.0 Å². The van der Waals surface area contributed by atoms with Crippen LogP contribution in [0.15, 0.2) is 47.6 Å². The molecule has 1 aromatic heterocycles. The molecule has 1 fully saturated rings. The second-order valence-electron chi connectivity index (χ2n) is 6.99. The Morgan fingerprint density at radius 1 is 1.10 bits per heavy atom. The third-order valence-electron chi connectivity index (χ3n) is 4.75. The molecule has 2 aromatic rings. The number of benzene rings is 1. The van der Waals surface area contributed by atoms with Gasteiger partial charge in [-0.3, -0.25) is 0 Å². The van der Waals surface area contributed by atoms with E-state index in [0.29, 0.717) is 19.0 Å². The monoisotopic (exact) mass is 512 g/mol. The average Bonchev–Trinajstić information content (AvgIpc) is 2.71. The van der Waals surface area contributed by atoms with Crippen LogP contribution in [0.4, 0.5) is 10.2 Å². The summed E-state index contributed by atoms with van der Waals surface area (Å²) in [5.74, 6) is 1.50. The zero-order valence-electron chi connectivity index (χ0n) is 17.1. The van der Waals surface area contributed by atoms with Crippen molar-refractivity contribution in [1.29, 1.82) is 0 Å². The van der Waals surface area contributed by atoms with E-state index in [-0.39, 0.29) is 29.8 Å². The highest BCUT2D eigenvalue weighted by molar-refractivity contribution is 14.0. The number of aromatic nitrogens is 1. The zero-order chi connectivity index (χ0) is 19.8. The molecule has 0 amide bonds. The first-order valence-electron chi connectivity index (χ1n) is 9.79. The van der Waals surface area contributed by atoms with Gasteiger partial charge in [0.15, 0.2) is 5.96 Å². The fourth-order valence-electron chi connectivity index (χ4n) is 3.11. The predicted octanol–water partition coefficient (Wildman–Crippen LogP) is 2.85. The van der Waals surface area contributed by atoms with Crippen LogP contribution in [0.5, 0.6) is 0 Å². The van der Waals surface area contributed by atoms with Gasteiger partial charge < -0.3 is 20.4 Å². The number of piperazine rings is 1.